The van der Waals surface area contributed by atoms with Crippen molar-refractivity contribution >= 4 is 23.7 Å². The Morgan fingerprint density at radius 3 is 1.93 bits per heavy atom. The fraction of sp³-hybridized carbons (Fsp3) is 0.174. The van der Waals surface area contributed by atoms with Gasteiger partial charge in [0.15, 0.2) is 7.14 Å². The van der Waals surface area contributed by atoms with E-state index in [1.807, 2.05) is 12.1 Å². The summed E-state index contributed by atoms with van der Waals surface area (Å²) in [5.74, 6) is -1.10. The summed E-state index contributed by atoms with van der Waals surface area (Å²) in [5.41, 5.74) is -0.228. The van der Waals surface area contributed by atoms with E-state index in [-0.39, 0.29) is 23.3 Å². The average Bonchev–Trinajstić information content (AvgIpc) is 2.79. The summed E-state index contributed by atoms with van der Waals surface area (Å²) in [4.78, 5) is 14.4. The molecule has 1 amide bonds. The molecule has 5 nitrogen and oxygen atoms in total. The molecule has 0 heterocycles. The van der Waals surface area contributed by atoms with Crippen molar-refractivity contribution in [1.82, 2.24) is 4.90 Å². The molecule has 30 heavy (non-hydrogen) atoms. The lowest BCUT2D eigenvalue weighted by Crippen LogP contribution is -2.33. The van der Waals surface area contributed by atoms with Crippen LogP contribution in [0.3, 0.4) is 0 Å². The fourth-order valence-corrected chi connectivity index (χ4v) is 5.91. The van der Waals surface area contributed by atoms with E-state index in [1.165, 1.54) is 32.2 Å². The van der Waals surface area contributed by atoms with Crippen LogP contribution in [0.2, 0.25) is 0 Å². The highest BCUT2D eigenvalue weighted by molar-refractivity contribution is 7.78. The first-order valence-electron chi connectivity index (χ1n) is 9.28. The van der Waals surface area contributed by atoms with Gasteiger partial charge in [-0.2, -0.15) is 0 Å². The molecule has 0 N–H and O–H groups in total. The number of rotatable bonds is 7. The molecule has 0 fully saturated rings. The lowest BCUT2D eigenvalue weighted by Gasteiger charge is -2.26. The molecule has 0 atom stereocenters. The Morgan fingerprint density at radius 2 is 1.47 bits per heavy atom. The zero-order chi connectivity index (χ0) is 21.7. The van der Waals surface area contributed by atoms with Crippen molar-refractivity contribution in [2.45, 2.75) is 0 Å². The second kappa shape index (κ2) is 9.14. The fourth-order valence-electron chi connectivity index (χ4n) is 3.25. The second-order valence-corrected chi connectivity index (χ2v) is 9.54. The molecule has 156 valence electrons. The number of amides is 1. The van der Waals surface area contributed by atoms with Gasteiger partial charge in [0, 0.05) is 29.8 Å². The molecule has 7 heteroatoms. The number of carbonyl (C=O) groups excluding carboxylic acids is 1. The summed E-state index contributed by atoms with van der Waals surface area (Å²) in [7, 11) is 1.06. The first kappa shape index (κ1) is 21.6. The summed E-state index contributed by atoms with van der Waals surface area (Å²) in [6.45, 7) is 0. The van der Waals surface area contributed by atoms with Crippen LogP contribution in [0, 0.1) is 5.82 Å². The zero-order valence-corrected chi connectivity index (χ0v) is 17.9. The Labute approximate surface area is 175 Å². The van der Waals surface area contributed by atoms with Crippen molar-refractivity contribution < 1.29 is 23.2 Å². The van der Waals surface area contributed by atoms with Gasteiger partial charge in [-0.05, 0) is 0 Å². The normalized spacial score (nSPS) is 11.1. The van der Waals surface area contributed by atoms with Gasteiger partial charge in [-0.3, -0.25) is 4.79 Å². The molecule has 0 aliphatic heterocycles. The predicted octanol–water partition coefficient (Wildman–Crippen LogP) is 3.89. The van der Waals surface area contributed by atoms with Gasteiger partial charge in [-0.15, -0.1) is 0 Å². The lowest BCUT2D eigenvalue weighted by atomic mass is 10.1. The van der Waals surface area contributed by atoms with Gasteiger partial charge in [-0.1, -0.05) is 60.7 Å². The van der Waals surface area contributed by atoms with Gasteiger partial charge < -0.3 is 18.9 Å². The summed E-state index contributed by atoms with van der Waals surface area (Å²) in [6, 6.07) is 20.6. The number of hydrogen-bond acceptors (Lipinski definition) is 4. The van der Waals surface area contributed by atoms with E-state index in [1.54, 1.807) is 48.5 Å². The molecule has 0 saturated carbocycles. The molecule has 3 aromatic rings. The smallest absolute Gasteiger partial charge is 0.260 e. The van der Waals surface area contributed by atoms with Gasteiger partial charge in [-0.25, -0.2) is 4.39 Å². The van der Waals surface area contributed by atoms with Crippen molar-refractivity contribution in [3.05, 3.63) is 84.2 Å². The SMILES string of the molecule is COc1cc(F)c(C(=O)N(C)CP(=O)(c2ccccc2)c2ccccc2)c(OC)c1. The van der Waals surface area contributed by atoms with Crippen LogP contribution in [-0.2, 0) is 4.57 Å². The van der Waals surface area contributed by atoms with Crippen molar-refractivity contribution in [2.75, 3.05) is 27.6 Å². The third kappa shape index (κ3) is 4.24. The maximum Gasteiger partial charge on any atom is 0.260 e. The second-order valence-electron chi connectivity index (χ2n) is 6.74. The highest BCUT2D eigenvalue weighted by Crippen LogP contribution is 2.44. The van der Waals surface area contributed by atoms with E-state index in [0.717, 1.165) is 6.07 Å². The number of carbonyl (C=O) groups is 1. The molecule has 0 unspecified atom stereocenters. The minimum atomic E-state index is -3.19. The van der Waals surface area contributed by atoms with Gasteiger partial charge in [0.1, 0.15) is 22.9 Å². The van der Waals surface area contributed by atoms with E-state index in [9.17, 15) is 13.8 Å². The Hall–Kier alpha value is -3.11. The average molecular weight is 427 g/mol. The summed E-state index contributed by atoms with van der Waals surface area (Å²) in [6.07, 6.45) is -0.0888. The molecule has 0 aromatic heterocycles. The van der Waals surface area contributed by atoms with Crippen molar-refractivity contribution in [3.63, 3.8) is 0 Å². The van der Waals surface area contributed by atoms with E-state index in [2.05, 4.69) is 0 Å². The van der Waals surface area contributed by atoms with E-state index >= 15 is 0 Å². The number of benzene rings is 3. The molecule has 0 saturated heterocycles. The molecule has 0 radical (unpaired) electrons. The van der Waals surface area contributed by atoms with Gasteiger partial charge in [0.25, 0.3) is 5.91 Å². The number of methoxy groups -OCH3 is 2. The minimum absolute atomic E-state index is 0.0537. The Bertz CT molecular complexity index is 1030. The Balaban J connectivity index is 2.01. The first-order chi connectivity index (χ1) is 14.4. The molecule has 0 bridgehead atoms. The predicted molar refractivity (Wildman–Crippen MR) is 116 cm³/mol. The highest BCUT2D eigenvalue weighted by atomic mass is 31.2. The zero-order valence-electron chi connectivity index (χ0n) is 17.0. The molecule has 0 aliphatic carbocycles. The standard InChI is InChI=1S/C23H23FNO4P/c1-25(23(26)22-20(24)14-17(28-2)15-21(22)29-3)16-30(27,18-10-6-4-7-11-18)19-12-8-5-9-13-19/h4-15H,16H2,1-3H3. The highest BCUT2D eigenvalue weighted by Gasteiger charge is 2.32. The van der Waals surface area contributed by atoms with Crippen LogP contribution in [0.15, 0.2) is 72.8 Å². The van der Waals surface area contributed by atoms with E-state index < -0.39 is 18.9 Å². The Kier molecular flexibility index (Phi) is 6.58. The van der Waals surface area contributed by atoms with E-state index in [0.29, 0.717) is 10.6 Å². The quantitative estimate of drug-likeness (QED) is 0.537. The third-order valence-corrected chi connectivity index (χ3v) is 7.89. The lowest BCUT2D eigenvalue weighted by molar-refractivity contribution is 0.0809. The van der Waals surface area contributed by atoms with Crippen LogP contribution < -0.4 is 20.1 Å². The summed E-state index contributed by atoms with van der Waals surface area (Å²) >= 11 is 0. The van der Waals surface area contributed by atoms with Crippen LogP contribution in [0.1, 0.15) is 10.4 Å². The first-order valence-corrected chi connectivity index (χ1v) is 11.2. The van der Waals surface area contributed by atoms with Crippen LogP contribution >= 0.6 is 7.14 Å². The molecular formula is C23H23FNO4P. The van der Waals surface area contributed by atoms with Crippen LogP contribution in [0.5, 0.6) is 11.5 Å². The van der Waals surface area contributed by atoms with Gasteiger partial charge in [0.05, 0.1) is 20.5 Å². The molecular weight excluding hydrogens is 404 g/mol. The summed E-state index contributed by atoms with van der Waals surface area (Å²) < 4.78 is 39.1. The van der Waals surface area contributed by atoms with Crippen LogP contribution in [-0.4, -0.2) is 38.4 Å². The maximum absolute atomic E-state index is 14.7. The molecule has 0 aliphatic rings. The maximum atomic E-state index is 14.7. The van der Waals surface area contributed by atoms with Crippen LogP contribution in [0.4, 0.5) is 4.39 Å². The molecule has 0 spiro atoms. The number of hydrogen-bond donors (Lipinski definition) is 0. The topological polar surface area (TPSA) is 55.8 Å². The van der Waals surface area contributed by atoms with Crippen LogP contribution in [0.25, 0.3) is 0 Å². The van der Waals surface area contributed by atoms with Gasteiger partial charge in [0.2, 0.25) is 0 Å². The van der Waals surface area contributed by atoms with E-state index in [4.69, 9.17) is 9.47 Å². The third-order valence-electron chi connectivity index (χ3n) is 4.80. The summed E-state index contributed by atoms with van der Waals surface area (Å²) in [5, 5.41) is 1.25. The number of nitrogens with zero attached hydrogens (tertiary/aromatic N) is 1. The number of ether oxygens (including phenoxy) is 2. The number of halogens is 1. The van der Waals surface area contributed by atoms with Crippen molar-refractivity contribution in [3.8, 4) is 11.5 Å². The van der Waals surface area contributed by atoms with Crippen molar-refractivity contribution in [2.24, 2.45) is 0 Å². The molecule has 3 rings (SSSR count). The monoisotopic (exact) mass is 427 g/mol. The largest absolute Gasteiger partial charge is 0.497 e. The van der Waals surface area contributed by atoms with Crippen molar-refractivity contribution in [1.29, 1.82) is 0 Å². The minimum Gasteiger partial charge on any atom is -0.497 e. The molecule has 3 aromatic carbocycles. The van der Waals surface area contributed by atoms with Gasteiger partial charge >= 0.3 is 0 Å². The Morgan fingerprint density at radius 1 is 0.933 bits per heavy atom.